The van der Waals surface area contributed by atoms with Crippen LogP contribution >= 0.6 is 0 Å². The molecule has 1 aliphatic carbocycles. The van der Waals surface area contributed by atoms with Crippen molar-refractivity contribution in [3.8, 4) is 0 Å². The van der Waals surface area contributed by atoms with E-state index < -0.39 is 5.97 Å². The second-order valence-corrected chi connectivity index (χ2v) is 5.49. The molecule has 0 amide bonds. The number of aromatic carboxylic acids is 1. The molecule has 3 nitrogen and oxygen atoms in total. The SMILES string of the molecule is CCC(C)c1ccc2oc(C(=O)O)c(C3CC3)c2c1. The normalized spacial score (nSPS) is 16.7. The zero-order chi connectivity index (χ0) is 13.6. The molecule has 3 rings (SSSR count). The number of benzene rings is 1. The Kier molecular flexibility index (Phi) is 2.85. The van der Waals surface area contributed by atoms with Crippen LogP contribution in [-0.4, -0.2) is 11.1 Å². The second-order valence-electron chi connectivity index (χ2n) is 5.49. The Balaban J connectivity index is 2.20. The largest absolute Gasteiger partial charge is 0.475 e. The molecule has 2 aromatic rings. The van der Waals surface area contributed by atoms with Crippen molar-refractivity contribution in [1.29, 1.82) is 0 Å². The van der Waals surface area contributed by atoms with Crippen LogP contribution in [0, 0.1) is 0 Å². The van der Waals surface area contributed by atoms with Gasteiger partial charge in [-0.1, -0.05) is 19.9 Å². The van der Waals surface area contributed by atoms with Crippen LogP contribution in [-0.2, 0) is 0 Å². The Hall–Kier alpha value is -1.77. The number of fused-ring (bicyclic) bond motifs is 1. The molecule has 1 atom stereocenters. The van der Waals surface area contributed by atoms with Crippen molar-refractivity contribution in [2.45, 2.75) is 44.9 Å². The van der Waals surface area contributed by atoms with Crippen molar-refractivity contribution in [3.63, 3.8) is 0 Å². The van der Waals surface area contributed by atoms with E-state index in [-0.39, 0.29) is 5.76 Å². The van der Waals surface area contributed by atoms with Gasteiger partial charge in [0, 0.05) is 10.9 Å². The maximum atomic E-state index is 11.3. The van der Waals surface area contributed by atoms with E-state index in [1.54, 1.807) is 0 Å². The predicted octanol–water partition coefficient (Wildman–Crippen LogP) is 4.52. The molecule has 0 saturated heterocycles. The summed E-state index contributed by atoms with van der Waals surface area (Å²) in [7, 11) is 0. The van der Waals surface area contributed by atoms with Gasteiger partial charge in [0.05, 0.1) is 0 Å². The van der Waals surface area contributed by atoms with E-state index in [0.717, 1.165) is 30.2 Å². The minimum Gasteiger partial charge on any atom is -0.475 e. The molecule has 1 aliphatic rings. The van der Waals surface area contributed by atoms with Gasteiger partial charge in [0.15, 0.2) is 0 Å². The first kappa shape index (κ1) is 12.3. The molecule has 0 bridgehead atoms. The van der Waals surface area contributed by atoms with E-state index >= 15 is 0 Å². The third-order valence-corrected chi connectivity index (χ3v) is 4.11. The van der Waals surface area contributed by atoms with Gasteiger partial charge in [-0.15, -0.1) is 0 Å². The lowest BCUT2D eigenvalue weighted by atomic mass is 9.95. The van der Waals surface area contributed by atoms with Crippen LogP contribution in [0.4, 0.5) is 0 Å². The number of furan rings is 1. The van der Waals surface area contributed by atoms with Crippen LogP contribution in [0.1, 0.15) is 66.6 Å². The average Bonchev–Trinajstić information content (AvgIpc) is 3.17. The van der Waals surface area contributed by atoms with E-state index in [1.807, 2.05) is 12.1 Å². The molecule has 1 heterocycles. The van der Waals surface area contributed by atoms with Gasteiger partial charge in [0.25, 0.3) is 0 Å². The van der Waals surface area contributed by atoms with Gasteiger partial charge >= 0.3 is 5.97 Å². The topological polar surface area (TPSA) is 50.4 Å². The van der Waals surface area contributed by atoms with Crippen molar-refractivity contribution in [3.05, 3.63) is 35.1 Å². The van der Waals surface area contributed by atoms with Gasteiger partial charge in [-0.3, -0.25) is 0 Å². The third kappa shape index (κ3) is 2.03. The van der Waals surface area contributed by atoms with E-state index in [4.69, 9.17) is 4.42 Å². The number of carboxylic acid groups (broad SMARTS) is 1. The summed E-state index contributed by atoms with van der Waals surface area (Å²) in [4.78, 5) is 11.3. The predicted molar refractivity (Wildman–Crippen MR) is 73.9 cm³/mol. The van der Waals surface area contributed by atoms with Gasteiger partial charge in [-0.25, -0.2) is 4.79 Å². The molecule has 1 aromatic carbocycles. The van der Waals surface area contributed by atoms with Gasteiger partial charge in [-0.2, -0.15) is 0 Å². The summed E-state index contributed by atoms with van der Waals surface area (Å²) in [5.74, 6) is 0.0427. The summed E-state index contributed by atoms with van der Waals surface area (Å²) in [5, 5.41) is 10.3. The van der Waals surface area contributed by atoms with E-state index in [0.29, 0.717) is 17.4 Å². The van der Waals surface area contributed by atoms with Crippen molar-refractivity contribution in [2.24, 2.45) is 0 Å². The lowest BCUT2D eigenvalue weighted by Gasteiger charge is -2.08. The molecule has 0 radical (unpaired) electrons. The number of hydrogen-bond donors (Lipinski definition) is 1. The summed E-state index contributed by atoms with van der Waals surface area (Å²) >= 11 is 0. The highest BCUT2D eigenvalue weighted by atomic mass is 16.4. The van der Waals surface area contributed by atoms with Crippen LogP contribution in [0.3, 0.4) is 0 Å². The van der Waals surface area contributed by atoms with Crippen molar-refractivity contribution < 1.29 is 14.3 Å². The summed E-state index contributed by atoms with van der Waals surface area (Å²) in [6.45, 7) is 4.35. The number of rotatable bonds is 4. The molecular weight excluding hydrogens is 240 g/mol. The van der Waals surface area contributed by atoms with Crippen LogP contribution in [0.2, 0.25) is 0 Å². The monoisotopic (exact) mass is 258 g/mol. The molecule has 1 fully saturated rings. The maximum absolute atomic E-state index is 11.3. The molecule has 1 unspecified atom stereocenters. The third-order valence-electron chi connectivity index (χ3n) is 4.11. The average molecular weight is 258 g/mol. The molecule has 0 aliphatic heterocycles. The minimum absolute atomic E-state index is 0.138. The van der Waals surface area contributed by atoms with Gasteiger partial charge in [0.1, 0.15) is 5.58 Å². The lowest BCUT2D eigenvalue weighted by Crippen LogP contribution is -1.97. The van der Waals surface area contributed by atoms with E-state index in [2.05, 4.69) is 19.9 Å². The smallest absolute Gasteiger partial charge is 0.372 e. The first-order valence-corrected chi connectivity index (χ1v) is 6.91. The van der Waals surface area contributed by atoms with Crippen LogP contribution in [0.25, 0.3) is 11.0 Å². The quantitative estimate of drug-likeness (QED) is 0.877. The first-order valence-electron chi connectivity index (χ1n) is 6.91. The van der Waals surface area contributed by atoms with Crippen molar-refractivity contribution in [1.82, 2.24) is 0 Å². The van der Waals surface area contributed by atoms with Crippen LogP contribution < -0.4 is 0 Å². The fourth-order valence-electron chi connectivity index (χ4n) is 2.61. The Morgan fingerprint density at radius 2 is 2.21 bits per heavy atom. The zero-order valence-corrected chi connectivity index (χ0v) is 11.3. The highest BCUT2D eigenvalue weighted by Gasteiger charge is 2.33. The van der Waals surface area contributed by atoms with E-state index in [1.165, 1.54) is 5.56 Å². The standard InChI is InChI=1S/C16H18O3/c1-3-9(2)11-6-7-13-12(8-11)14(10-4-5-10)15(19-13)16(17)18/h6-10H,3-5H2,1-2H3,(H,17,18). The lowest BCUT2D eigenvalue weighted by molar-refractivity contribution is 0.0663. The molecule has 19 heavy (non-hydrogen) atoms. The second kappa shape index (κ2) is 4.41. The molecular formula is C16H18O3. The summed E-state index contributed by atoms with van der Waals surface area (Å²) in [6, 6.07) is 6.07. The fourth-order valence-corrected chi connectivity index (χ4v) is 2.61. The summed E-state index contributed by atoms with van der Waals surface area (Å²) in [5.41, 5.74) is 2.87. The molecule has 1 saturated carbocycles. The zero-order valence-electron chi connectivity index (χ0n) is 11.3. The Bertz CT molecular complexity index is 635. The van der Waals surface area contributed by atoms with E-state index in [9.17, 15) is 9.90 Å². The van der Waals surface area contributed by atoms with Gasteiger partial charge in [-0.05, 0) is 48.8 Å². The van der Waals surface area contributed by atoms with Crippen LogP contribution in [0.5, 0.6) is 0 Å². The highest BCUT2D eigenvalue weighted by molar-refractivity contribution is 5.96. The fraction of sp³-hybridized carbons (Fsp3) is 0.438. The number of hydrogen-bond acceptors (Lipinski definition) is 2. The van der Waals surface area contributed by atoms with Crippen molar-refractivity contribution in [2.75, 3.05) is 0 Å². The van der Waals surface area contributed by atoms with Crippen LogP contribution in [0.15, 0.2) is 22.6 Å². The minimum atomic E-state index is -0.955. The summed E-state index contributed by atoms with van der Waals surface area (Å²) < 4.78 is 5.53. The molecule has 1 aromatic heterocycles. The molecule has 1 N–H and O–H groups in total. The first-order chi connectivity index (χ1) is 9.11. The highest BCUT2D eigenvalue weighted by Crippen LogP contribution is 2.46. The number of carbonyl (C=O) groups is 1. The number of carboxylic acids is 1. The molecule has 3 heteroatoms. The maximum Gasteiger partial charge on any atom is 0.372 e. The molecule has 0 spiro atoms. The molecule has 100 valence electrons. The van der Waals surface area contributed by atoms with Gasteiger partial charge in [0.2, 0.25) is 5.76 Å². The van der Waals surface area contributed by atoms with Crippen molar-refractivity contribution >= 4 is 16.9 Å². The Morgan fingerprint density at radius 3 is 2.79 bits per heavy atom. The van der Waals surface area contributed by atoms with Gasteiger partial charge < -0.3 is 9.52 Å². The Morgan fingerprint density at radius 1 is 1.47 bits per heavy atom. The summed E-state index contributed by atoms with van der Waals surface area (Å²) in [6.07, 6.45) is 3.22. The Labute approximate surface area is 112 Å².